The normalized spacial score (nSPS) is 10.6. The van der Waals surface area contributed by atoms with Gasteiger partial charge in [0.25, 0.3) is 0 Å². The number of nitrogens with zero attached hydrogens (tertiary/aromatic N) is 2. The highest BCUT2D eigenvalue weighted by molar-refractivity contribution is 7.18. The number of hydrogen-bond acceptors (Lipinski definition) is 4. The molecule has 4 nitrogen and oxygen atoms in total. The van der Waals surface area contributed by atoms with Crippen LogP contribution in [0.2, 0.25) is 0 Å². The highest BCUT2D eigenvalue weighted by atomic mass is 32.1. The summed E-state index contributed by atoms with van der Waals surface area (Å²) in [6.07, 6.45) is 0.862. The SMILES string of the molecule is Cc1ccc(-c2nnc(NC(=O)CCc3ccc(F)cc3)s2)cc1. The number of amides is 1. The second-order valence-electron chi connectivity index (χ2n) is 5.45. The van der Waals surface area contributed by atoms with Crippen LogP contribution in [0.3, 0.4) is 0 Å². The van der Waals surface area contributed by atoms with E-state index >= 15 is 0 Å². The third-order valence-corrected chi connectivity index (χ3v) is 4.41. The van der Waals surface area contributed by atoms with E-state index in [2.05, 4.69) is 15.5 Å². The monoisotopic (exact) mass is 341 g/mol. The van der Waals surface area contributed by atoms with E-state index in [1.54, 1.807) is 12.1 Å². The molecule has 0 spiro atoms. The van der Waals surface area contributed by atoms with Crippen molar-refractivity contribution in [3.8, 4) is 10.6 Å². The summed E-state index contributed by atoms with van der Waals surface area (Å²) in [5.41, 5.74) is 3.08. The molecule has 1 amide bonds. The van der Waals surface area contributed by atoms with Crippen LogP contribution < -0.4 is 5.32 Å². The Hall–Kier alpha value is -2.60. The van der Waals surface area contributed by atoms with Crippen molar-refractivity contribution in [1.82, 2.24) is 10.2 Å². The molecule has 0 bridgehead atoms. The van der Waals surface area contributed by atoms with Crippen LogP contribution in [-0.4, -0.2) is 16.1 Å². The summed E-state index contributed by atoms with van der Waals surface area (Å²) in [7, 11) is 0. The van der Waals surface area contributed by atoms with Crippen molar-refractivity contribution in [2.24, 2.45) is 0 Å². The van der Waals surface area contributed by atoms with Gasteiger partial charge in [0.1, 0.15) is 10.8 Å². The van der Waals surface area contributed by atoms with Gasteiger partial charge in [-0.2, -0.15) is 0 Å². The lowest BCUT2D eigenvalue weighted by molar-refractivity contribution is -0.116. The maximum atomic E-state index is 12.8. The number of aromatic nitrogens is 2. The minimum Gasteiger partial charge on any atom is -0.301 e. The number of nitrogens with one attached hydrogen (secondary N) is 1. The van der Waals surface area contributed by atoms with E-state index in [-0.39, 0.29) is 11.7 Å². The molecule has 1 heterocycles. The van der Waals surface area contributed by atoms with Crippen LogP contribution >= 0.6 is 11.3 Å². The molecule has 0 radical (unpaired) electrons. The summed E-state index contributed by atoms with van der Waals surface area (Å²) < 4.78 is 12.8. The third-order valence-electron chi connectivity index (χ3n) is 3.52. The van der Waals surface area contributed by atoms with Crippen molar-refractivity contribution in [2.75, 3.05) is 5.32 Å². The predicted octanol–water partition coefficient (Wildman–Crippen LogP) is 4.22. The lowest BCUT2D eigenvalue weighted by atomic mass is 10.1. The minimum absolute atomic E-state index is 0.133. The molecule has 0 saturated carbocycles. The zero-order valence-corrected chi connectivity index (χ0v) is 13.9. The van der Waals surface area contributed by atoms with Gasteiger partial charge >= 0.3 is 0 Å². The molecule has 0 aliphatic heterocycles. The van der Waals surface area contributed by atoms with Crippen molar-refractivity contribution in [2.45, 2.75) is 19.8 Å². The molecular weight excluding hydrogens is 325 g/mol. The fourth-order valence-corrected chi connectivity index (χ4v) is 2.94. The van der Waals surface area contributed by atoms with E-state index in [1.807, 2.05) is 31.2 Å². The lowest BCUT2D eigenvalue weighted by Gasteiger charge is -2.02. The average Bonchev–Trinajstić information content (AvgIpc) is 3.03. The second kappa shape index (κ2) is 7.31. The molecule has 3 aromatic rings. The first-order chi connectivity index (χ1) is 11.6. The zero-order chi connectivity index (χ0) is 16.9. The number of halogens is 1. The van der Waals surface area contributed by atoms with Crippen molar-refractivity contribution < 1.29 is 9.18 Å². The quantitative estimate of drug-likeness (QED) is 0.756. The van der Waals surface area contributed by atoms with Gasteiger partial charge in [-0.25, -0.2) is 4.39 Å². The molecule has 0 fully saturated rings. The first-order valence-corrected chi connectivity index (χ1v) is 8.36. The van der Waals surface area contributed by atoms with Crippen LogP contribution in [0.5, 0.6) is 0 Å². The molecular formula is C18H16FN3OS. The van der Waals surface area contributed by atoms with E-state index < -0.39 is 0 Å². The van der Waals surface area contributed by atoms with Gasteiger partial charge in [0, 0.05) is 12.0 Å². The predicted molar refractivity (Wildman–Crippen MR) is 93.4 cm³/mol. The van der Waals surface area contributed by atoms with Crippen LogP contribution in [0.15, 0.2) is 48.5 Å². The largest absolute Gasteiger partial charge is 0.301 e. The number of anilines is 1. The number of benzene rings is 2. The van der Waals surface area contributed by atoms with Gasteiger partial charge < -0.3 is 5.32 Å². The first kappa shape index (κ1) is 16.3. The lowest BCUT2D eigenvalue weighted by Crippen LogP contribution is -2.12. The van der Waals surface area contributed by atoms with Gasteiger partial charge in [-0.15, -0.1) is 10.2 Å². The molecule has 0 aliphatic carbocycles. The Balaban J connectivity index is 1.57. The second-order valence-corrected chi connectivity index (χ2v) is 6.43. The van der Waals surface area contributed by atoms with Crippen molar-refractivity contribution >= 4 is 22.4 Å². The summed E-state index contributed by atoms with van der Waals surface area (Å²) in [5.74, 6) is -0.411. The fourth-order valence-electron chi connectivity index (χ4n) is 2.18. The third kappa shape index (κ3) is 4.23. The molecule has 0 saturated heterocycles. The van der Waals surface area contributed by atoms with Gasteiger partial charge in [-0.1, -0.05) is 53.3 Å². The van der Waals surface area contributed by atoms with Crippen molar-refractivity contribution in [3.05, 3.63) is 65.5 Å². The number of carbonyl (C=O) groups is 1. The van der Waals surface area contributed by atoms with Gasteiger partial charge in [0.15, 0.2) is 0 Å². The van der Waals surface area contributed by atoms with Crippen molar-refractivity contribution in [3.63, 3.8) is 0 Å². The van der Waals surface area contributed by atoms with Crippen LogP contribution in [0, 0.1) is 12.7 Å². The van der Waals surface area contributed by atoms with Crippen LogP contribution in [-0.2, 0) is 11.2 Å². The van der Waals surface area contributed by atoms with E-state index in [1.165, 1.54) is 29.0 Å². The molecule has 2 aromatic carbocycles. The molecule has 3 rings (SSSR count). The average molecular weight is 341 g/mol. The maximum absolute atomic E-state index is 12.8. The summed E-state index contributed by atoms with van der Waals surface area (Å²) in [5, 5.41) is 12.1. The van der Waals surface area contributed by atoms with Gasteiger partial charge in [-0.05, 0) is 31.0 Å². The van der Waals surface area contributed by atoms with Crippen LogP contribution in [0.25, 0.3) is 10.6 Å². The van der Waals surface area contributed by atoms with Crippen molar-refractivity contribution in [1.29, 1.82) is 0 Å². The zero-order valence-electron chi connectivity index (χ0n) is 13.1. The molecule has 0 atom stereocenters. The summed E-state index contributed by atoms with van der Waals surface area (Å²) in [6.45, 7) is 2.02. The number of carbonyl (C=O) groups excluding carboxylic acids is 1. The Labute approximate surface area is 143 Å². The molecule has 122 valence electrons. The highest BCUT2D eigenvalue weighted by Gasteiger charge is 2.10. The smallest absolute Gasteiger partial charge is 0.226 e. The van der Waals surface area contributed by atoms with E-state index in [0.29, 0.717) is 18.0 Å². The summed E-state index contributed by atoms with van der Waals surface area (Å²) in [4.78, 5) is 12.0. The molecule has 1 aromatic heterocycles. The summed E-state index contributed by atoms with van der Waals surface area (Å²) in [6, 6.07) is 14.1. The van der Waals surface area contributed by atoms with Gasteiger partial charge in [-0.3, -0.25) is 4.79 Å². The molecule has 6 heteroatoms. The van der Waals surface area contributed by atoms with Gasteiger partial charge in [0.05, 0.1) is 0 Å². The molecule has 24 heavy (non-hydrogen) atoms. The Morgan fingerprint density at radius 1 is 1.08 bits per heavy atom. The number of rotatable bonds is 5. The maximum Gasteiger partial charge on any atom is 0.226 e. The Morgan fingerprint density at radius 2 is 1.79 bits per heavy atom. The highest BCUT2D eigenvalue weighted by Crippen LogP contribution is 2.26. The Bertz CT molecular complexity index is 828. The first-order valence-electron chi connectivity index (χ1n) is 7.55. The number of hydrogen-bond donors (Lipinski definition) is 1. The topological polar surface area (TPSA) is 54.9 Å². The molecule has 0 unspecified atom stereocenters. The van der Waals surface area contributed by atoms with E-state index in [9.17, 15) is 9.18 Å². The van der Waals surface area contributed by atoms with E-state index in [4.69, 9.17) is 0 Å². The van der Waals surface area contributed by atoms with Gasteiger partial charge in [0.2, 0.25) is 11.0 Å². The van der Waals surface area contributed by atoms with Crippen LogP contribution in [0.4, 0.5) is 9.52 Å². The standard InChI is InChI=1S/C18H16FN3OS/c1-12-2-7-14(8-3-12)17-21-22-18(24-17)20-16(23)11-6-13-4-9-15(19)10-5-13/h2-5,7-10H,6,11H2,1H3,(H,20,22,23). The Morgan fingerprint density at radius 3 is 2.50 bits per heavy atom. The summed E-state index contributed by atoms with van der Waals surface area (Å²) >= 11 is 1.34. The fraction of sp³-hybridized carbons (Fsp3) is 0.167. The van der Waals surface area contributed by atoms with Crippen LogP contribution in [0.1, 0.15) is 17.5 Å². The molecule has 1 N–H and O–H groups in total. The van der Waals surface area contributed by atoms with E-state index in [0.717, 1.165) is 16.1 Å². The molecule has 0 aliphatic rings. The number of aryl methyl sites for hydroxylation is 2. The minimum atomic E-state index is -0.277. The Kier molecular flexibility index (Phi) is 4.96.